The summed E-state index contributed by atoms with van der Waals surface area (Å²) in [4.78, 5) is 24.7. The number of amides is 2. The molecule has 0 spiro atoms. The molecule has 1 N–H and O–H groups in total. The lowest BCUT2D eigenvalue weighted by atomic mass is 9.91. The Morgan fingerprint density at radius 3 is 2.32 bits per heavy atom. The number of carbonyl (C=O) groups is 2. The van der Waals surface area contributed by atoms with Gasteiger partial charge in [0.1, 0.15) is 5.37 Å². The average Bonchev–Trinajstić information content (AvgIpc) is 2.64. The summed E-state index contributed by atoms with van der Waals surface area (Å²) in [6.45, 7) is 1.40. The summed E-state index contributed by atoms with van der Waals surface area (Å²) in [6.07, 6.45) is 0. The summed E-state index contributed by atoms with van der Waals surface area (Å²) in [7, 11) is 0. The molecule has 2 atom stereocenters. The molecule has 1 saturated heterocycles. The summed E-state index contributed by atoms with van der Waals surface area (Å²) in [5, 5.41) is 1.25. The zero-order valence-corrected chi connectivity index (χ0v) is 15.3. The van der Waals surface area contributed by atoms with E-state index in [0.29, 0.717) is 5.75 Å². The Bertz CT molecular complexity index is 781. The average molecular weight is 370 g/mol. The zero-order valence-electron chi connectivity index (χ0n) is 13.7. The van der Waals surface area contributed by atoms with E-state index in [1.54, 1.807) is 11.8 Å². The van der Waals surface area contributed by atoms with Gasteiger partial charge in [0.25, 0.3) is 5.91 Å². The Morgan fingerprint density at radius 1 is 1.12 bits per heavy atom. The van der Waals surface area contributed by atoms with Crippen LogP contribution in [0.4, 0.5) is 0 Å². The SMILES string of the molecule is CC(=O)NN1C(=O)C(c2ccccc2)C1SCC(=S)c1ccccc1. The van der Waals surface area contributed by atoms with Gasteiger partial charge in [0.05, 0.1) is 5.92 Å². The van der Waals surface area contributed by atoms with Gasteiger partial charge in [-0.3, -0.25) is 15.0 Å². The molecule has 0 aromatic heterocycles. The van der Waals surface area contributed by atoms with Crippen LogP contribution in [0.2, 0.25) is 0 Å². The van der Waals surface area contributed by atoms with E-state index in [0.717, 1.165) is 16.0 Å². The molecule has 1 aliphatic rings. The molecule has 2 aromatic carbocycles. The molecular weight excluding hydrogens is 352 g/mol. The molecule has 0 saturated carbocycles. The van der Waals surface area contributed by atoms with Crippen LogP contribution in [-0.4, -0.2) is 32.8 Å². The van der Waals surface area contributed by atoms with Crippen LogP contribution in [0, 0.1) is 0 Å². The Kier molecular flexibility index (Phi) is 5.50. The summed E-state index contributed by atoms with van der Waals surface area (Å²) in [5.41, 5.74) is 4.59. The van der Waals surface area contributed by atoms with Gasteiger partial charge in [0.2, 0.25) is 5.91 Å². The van der Waals surface area contributed by atoms with E-state index in [1.165, 1.54) is 11.9 Å². The molecule has 4 nitrogen and oxygen atoms in total. The molecule has 0 radical (unpaired) electrons. The molecular formula is C19H18N2O2S2. The fraction of sp³-hybridized carbons (Fsp3) is 0.211. The number of hydrazine groups is 1. The summed E-state index contributed by atoms with van der Waals surface area (Å²) >= 11 is 7.08. The van der Waals surface area contributed by atoms with E-state index >= 15 is 0 Å². The number of hydrogen-bond acceptors (Lipinski definition) is 4. The van der Waals surface area contributed by atoms with Crippen molar-refractivity contribution in [3.05, 3.63) is 71.8 Å². The van der Waals surface area contributed by atoms with Gasteiger partial charge in [-0.25, -0.2) is 5.01 Å². The van der Waals surface area contributed by atoms with Crippen molar-refractivity contribution in [3.8, 4) is 0 Å². The molecule has 3 rings (SSSR count). The van der Waals surface area contributed by atoms with Gasteiger partial charge in [-0.15, -0.1) is 11.8 Å². The maximum Gasteiger partial charge on any atom is 0.252 e. The van der Waals surface area contributed by atoms with Gasteiger partial charge in [0, 0.05) is 17.5 Å². The lowest BCUT2D eigenvalue weighted by molar-refractivity contribution is -0.154. The lowest BCUT2D eigenvalue weighted by Gasteiger charge is -2.46. The molecule has 25 heavy (non-hydrogen) atoms. The van der Waals surface area contributed by atoms with Crippen molar-refractivity contribution in [2.45, 2.75) is 18.2 Å². The van der Waals surface area contributed by atoms with Crippen LogP contribution >= 0.6 is 24.0 Å². The van der Waals surface area contributed by atoms with E-state index in [-0.39, 0.29) is 23.1 Å². The van der Waals surface area contributed by atoms with Crippen LogP contribution < -0.4 is 5.43 Å². The fourth-order valence-electron chi connectivity index (χ4n) is 2.76. The Hall–Kier alpha value is -2.18. The Balaban J connectivity index is 1.73. The third-order valence-corrected chi connectivity index (χ3v) is 5.80. The molecule has 2 amide bonds. The number of benzene rings is 2. The molecule has 1 heterocycles. The van der Waals surface area contributed by atoms with E-state index < -0.39 is 0 Å². The summed E-state index contributed by atoms with van der Waals surface area (Å²) in [6, 6.07) is 19.5. The lowest BCUT2D eigenvalue weighted by Crippen LogP contribution is -2.64. The van der Waals surface area contributed by atoms with E-state index in [4.69, 9.17) is 12.2 Å². The van der Waals surface area contributed by atoms with Crippen molar-refractivity contribution in [2.24, 2.45) is 0 Å². The van der Waals surface area contributed by atoms with Gasteiger partial charge in [-0.2, -0.15) is 0 Å². The van der Waals surface area contributed by atoms with Crippen molar-refractivity contribution in [1.82, 2.24) is 10.4 Å². The first-order valence-corrected chi connectivity index (χ1v) is 9.38. The first kappa shape index (κ1) is 17.6. The number of rotatable bonds is 6. The number of carbonyl (C=O) groups excluding carboxylic acids is 2. The molecule has 2 aromatic rings. The minimum atomic E-state index is -0.267. The maximum absolute atomic E-state index is 12.5. The van der Waals surface area contributed by atoms with E-state index in [1.807, 2.05) is 60.7 Å². The van der Waals surface area contributed by atoms with Crippen LogP contribution in [0.3, 0.4) is 0 Å². The van der Waals surface area contributed by atoms with Crippen LogP contribution in [0.5, 0.6) is 0 Å². The second kappa shape index (κ2) is 7.80. The maximum atomic E-state index is 12.5. The largest absolute Gasteiger partial charge is 0.274 e. The van der Waals surface area contributed by atoms with Crippen molar-refractivity contribution in [2.75, 3.05) is 5.75 Å². The van der Waals surface area contributed by atoms with Gasteiger partial charge in [-0.05, 0) is 11.1 Å². The summed E-state index contributed by atoms with van der Waals surface area (Å²) < 4.78 is 0. The molecule has 1 fully saturated rings. The minimum absolute atomic E-state index is 0.0930. The van der Waals surface area contributed by atoms with Crippen LogP contribution in [0.25, 0.3) is 0 Å². The van der Waals surface area contributed by atoms with E-state index in [9.17, 15) is 9.59 Å². The number of β-lactam (4-membered cyclic amide) rings is 1. The highest BCUT2D eigenvalue weighted by atomic mass is 32.2. The number of hydrogen-bond donors (Lipinski definition) is 1. The van der Waals surface area contributed by atoms with Crippen LogP contribution in [0.15, 0.2) is 60.7 Å². The Labute approximate surface area is 156 Å². The smallest absolute Gasteiger partial charge is 0.252 e. The predicted octanol–water partition coefficient (Wildman–Crippen LogP) is 3.14. The van der Waals surface area contributed by atoms with Crippen molar-refractivity contribution < 1.29 is 9.59 Å². The van der Waals surface area contributed by atoms with Crippen molar-refractivity contribution in [3.63, 3.8) is 0 Å². The predicted molar refractivity (Wildman–Crippen MR) is 104 cm³/mol. The quantitative estimate of drug-likeness (QED) is 0.482. The molecule has 1 aliphatic heterocycles. The fourth-order valence-corrected chi connectivity index (χ4v) is 4.36. The topological polar surface area (TPSA) is 49.4 Å². The van der Waals surface area contributed by atoms with Gasteiger partial charge in [0.15, 0.2) is 0 Å². The van der Waals surface area contributed by atoms with E-state index in [2.05, 4.69) is 5.43 Å². The third-order valence-electron chi connectivity index (χ3n) is 3.96. The standard InChI is InChI=1S/C19H18N2O2S2/c1-13(22)20-21-18(23)17(15-10-6-3-7-11-15)19(21)25-12-16(24)14-8-4-2-5-9-14/h2-11,17,19H,12H2,1H3,(H,20,22). The third kappa shape index (κ3) is 3.91. The number of thioether (sulfide) groups is 1. The monoisotopic (exact) mass is 370 g/mol. The highest BCUT2D eigenvalue weighted by Gasteiger charge is 2.49. The molecule has 0 bridgehead atoms. The molecule has 128 valence electrons. The number of thiocarbonyl (C=S) groups is 1. The minimum Gasteiger partial charge on any atom is -0.274 e. The Morgan fingerprint density at radius 2 is 1.72 bits per heavy atom. The van der Waals surface area contributed by atoms with Gasteiger partial charge < -0.3 is 0 Å². The van der Waals surface area contributed by atoms with Crippen molar-refractivity contribution >= 4 is 40.7 Å². The number of nitrogens with zero attached hydrogens (tertiary/aromatic N) is 1. The van der Waals surface area contributed by atoms with Gasteiger partial charge in [-0.1, -0.05) is 72.9 Å². The first-order chi connectivity index (χ1) is 12.1. The normalized spacial score (nSPS) is 19.2. The van der Waals surface area contributed by atoms with Crippen LogP contribution in [0.1, 0.15) is 24.0 Å². The highest BCUT2D eigenvalue weighted by Crippen LogP contribution is 2.41. The van der Waals surface area contributed by atoms with Crippen LogP contribution in [-0.2, 0) is 9.59 Å². The van der Waals surface area contributed by atoms with Crippen molar-refractivity contribution in [1.29, 1.82) is 0 Å². The first-order valence-electron chi connectivity index (χ1n) is 7.93. The second-order valence-electron chi connectivity index (χ2n) is 5.76. The zero-order chi connectivity index (χ0) is 17.8. The number of nitrogens with one attached hydrogen (secondary N) is 1. The molecule has 6 heteroatoms. The molecule has 0 aliphatic carbocycles. The second-order valence-corrected chi connectivity index (χ2v) is 7.35. The molecule has 2 unspecified atom stereocenters. The highest BCUT2D eigenvalue weighted by molar-refractivity contribution is 8.01. The summed E-state index contributed by atoms with van der Waals surface area (Å²) in [5.74, 6) is -0.00581. The van der Waals surface area contributed by atoms with Gasteiger partial charge >= 0.3 is 0 Å².